The number of methoxy groups -OCH3 is 2. The third kappa shape index (κ3) is 5.44. The highest BCUT2D eigenvalue weighted by Crippen LogP contribution is 2.19. The molecule has 1 aromatic rings. The number of likely N-dealkylation sites (tertiary alicyclic amines) is 1. The second-order valence-electron chi connectivity index (χ2n) is 5.42. The summed E-state index contributed by atoms with van der Waals surface area (Å²) in [5, 5.41) is 3.95. The van der Waals surface area contributed by atoms with Gasteiger partial charge in [-0.05, 0) is 20.5 Å². The fourth-order valence-corrected chi connectivity index (χ4v) is 2.62. The number of aromatic nitrogens is 2. The average Bonchev–Trinajstić information content (AvgIpc) is 2.98. The fraction of sp³-hybridized carbons (Fsp3) is 0.846. The number of ether oxygens (including phenoxy) is 2. The van der Waals surface area contributed by atoms with Gasteiger partial charge in [-0.15, -0.1) is 24.0 Å². The van der Waals surface area contributed by atoms with Crippen LogP contribution in [0.15, 0.2) is 4.52 Å². The quantitative estimate of drug-likeness (QED) is 0.619. The second-order valence-corrected chi connectivity index (χ2v) is 5.42. The van der Waals surface area contributed by atoms with E-state index >= 15 is 0 Å². The summed E-state index contributed by atoms with van der Waals surface area (Å²) in [6.07, 6.45) is 1.41. The Morgan fingerprint density at radius 3 is 2.81 bits per heavy atom. The smallest absolute Gasteiger partial charge is 0.252 e. The van der Waals surface area contributed by atoms with E-state index in [0.29, 0.717) is 37.0 Å². The first-order valence-corrected chi connectivity index (χ1v) is 6.84. The fourth-order valence-electron chi connectivity index (χ4n) is 2.62. The summed E-state index contributed by atoms with van der Waals surface area (Å²) in [6, 6.07) is 0.510. The lowest BCUT2D eigenvalue weighted by Gasteiger charge is -2.24. The Kier molecular flexibility index (Phi) is 8.03. The highest BCUT2D eigenvalue weighted by molar-refractivity contribution is 14.0. The third-order valence-corrected chi connectivity index (χ3v) is 3.69. The molecule has 2 rings (SSSR count). The maximum Gasteiger partial charge on any atom is 0.252 e. The van der Waals surface area contributed by atoms with Crippen LogP contribution in [0.2, 0.25) is 0 Å². The van der Waals surface area contributed by atoms with Gasteiger partial charge in [0, 0.05) is 33.4 Å². The van der Waals surface area contributed by atoms with E-state index in [1.54, 1.807) is 14.2 Å². The van der Waals surface area contributed by atoms with Crippen LogP contribution in [0.4, 0.5) is 0 Å². The number of nitrogens with zero attached hydrogens (tertiary/aromatic N) is 4. The minimum Gasteiger partial charge on any atom is -0.380 e. The normalized spacial score (nSPS) is 22.7. The maximum absolute atomic E-state index is 5.43. The molecule has 1 aliphatic rings. The summed E-state index contributed by atoms with van der Waals surface area (Å²) in [7, 11) is 7.60. The predicted octanol–water partition coefficient (Wildman–Crippen LogP) is 0.985. The van der Waals surface area contributed by atoms with Crippen LogP contribution in [0.25, 0.3) is 0 Å². The molecule has 0 spiro atoms. The number of hydrogen-bond acceptors (Lipinski definition) is 7. The van der Waals surface area contributed by atoms with Gasteiger partial charge in [0.25, 0.3) is 5.89 Å². The lowest BCUT2D eigenvalue weighted by atomic mass is 10.2. The summed E-state index contributed by atoms with van der Waals surface area (Å²) in [5.74, 6) is 1.22. The van der Waals surface area contributed by atoms with Crippen molar-refractivity contribution < 1.29 is 14.0 Å². The molecule has 1 aromatic heterocycles. The molecule has 0 bridgehead atoms. The van der Waals surface area contributed by atoms with Gasteiger partial charge in [-0.1, -0.05) is 5.16 Å². The molecule has 1 fully saturated rings. The van der Waals surface area contributed by atoms with Crippen molar-refractivity contribution >= 4 is 24.0 Å². The van der Waals surface area contributed by atoms with Crippen molar-refractivity contribution in [1.29, 1.82) is 0 Å². The van der Waals surface area contributed by atoms with Crippen LogP contribution >= 0.6 is 24.0 Å². The van der Waals surface area contributed by atoms with E-state index in [9.17, 15) is 0 Å². The minimum atomic E-state index is 0. The third-order valence-electron chi connectivity index (χ3n) is 3.69. The van der Waals surface area contributed by atoms with Gasteiger partial charge in [0.2, 0.25) is 0 Å². The molecule has 0 aliphatic carbocycles. The lowest BCUT2D eigenvalue weighted by molar-refractivity contribution is 0.111. The van der Waals surface area contributed by atoms with Gasteiger partial charge in [-0.25, -0.2) is 0 Å². The first-order chi connectivity index (χ1) is 9.62. The van der Waals surface area contributed by atoms with Crippen LogP contribution in [-0.2, 0) is 22.6 Å². The summed E-state index contributed by atoms with van der Waals surface area (Å²) < 4.78 is 15.5. The molecular formula is C13H25IN4O3. The Morgan fingerprint density at radius 2 is 2.19 bits per heavy atom. The molecule has 7 nitrogen and oxygen atoms in total. The van der Waals surface area contributed by atoms with Crippen LogP contribution in [-0.4, -0.2) is 73.5 Å². The molecule has 0 amide bonds. The van der Waals surface area contributed by atoms with Crippen LogP contribution in [0.3, 0.4) is 0 Å². The SMILES string of the molecule is COCc1nc(CN(C)C[C@@H]2C[C@H](OC)CN2C)no1.I. The maximum atomic E-state index is 5.43. The van der Waals surface area contributed by atoms with Crippen molar-refractivity contribution in [3.05, 3.63) is 11.7 Å². The van der Waals surface area contributed by atoms with Gasteiger partial charge in [-0.3, -0.25) is 9.80 Å². The molecule has 1 aliphatic heterocycles. The summed E-state index contributed by atoms with van der Waals surface area (Å²) in [6.45, 7) is 2.99. The minimum absolute atomic E-state index is 0. The van der Waals surface area contributed by atoms with Crippen LogP contribution in [0.1, 0.15) is 18.1 Å². The molecular weight excluding hydrogens is 387 g/mol. The van der Waals surface area contributed by atoms with Crippen molar-refractivity contribution in [3.8, 4) is 0 Å². The summed E-state index contributed by atoms with van der Waals surface area (Å²) >= 11 is 0. The first-order valence-electron chi connectivity index (χ1n) is 6.84. The van der Waals surface area contributed by atoms with Crippen molar-refractivity contribution in [2.75, 3.05) is 41.4 Å². The van der Waals surface area contributed by atoms with Gasteiger partial charge in [-0.2, -0.15) is 4.98 Å². The first kappa shape index (κ1) is 18.8. The standard InChI is InChI=1S/C13H24N4O3.HI/c1-16(6-10-5-11(19-4)7-17(10)2)8-12-14-13(9-18-3)20-15-12;/h10-11H,5-9H2,1-4H3;1H/t10-,11-;/m0./s1. The van der Waals surface area contributed by atoms with E-state index in [4.69, 9.17) is 14.0 Å². The monoisotopic (exact) mass is 412 g/mol. The number of hydrogen-bond donors (Lipinski definition) is 0. The summed E-state index contributed by atoms with van der Waals surface area (Å²) in [4.78, 5) is 8.84. The van der Waals surface area contributed by atoms with E-state index in [2.05, 4.69) is 34.0 Å². The molecule has 0 N–H and O–H groups in total. The zero-order valence-corrected chi connectivity index (χ0v) is 15.4. The van der Waals surface area contributed by atoms with Gasteiger partial charge >= 0.3 is 0 Å². The average molecular weight is 412 g/mol. The topological polar surface area (TPSA) is 63.9 Å². The van der Waals surface area contributed by atoms with E-state index in [-0.39, 0.29) is 24.0 Å². The van der Waals surface area contributed by atoms with Crippen LogP contribution < -0.4 is 0 Å². The molecule has 8 heteroatoms. The molecule has 0 unspecified atom stereocenters. The molecule has 2 heterocycles. The Hall–Kier alpha value is -0.290. The molecule has 122 valence electrons. The molecule has 0 radical (unpaired) electrons. The Morgan fingerprint density at radius 1 is 1.43 bits per heavy atom. The van der Waals surface area contributed by atoms with Gasteiger partial charge in [0.1, 0.15) is 6.61 Å². The van der Waals surface area contributed by atoms with E-state index in [0.717, 1.165) is 19.5 Å². The van der Waals surface area contributed by atoms with Gasteiger partial charge in [0.15, 0.2) is 5.82 Å². The number of halogens is 1. The Balaban J connectivity index is 0.00000220. The van der Waals surface area contributed by atoms with Crippen molar-refractivity contribution in [3.63, 3.8) is 0 Å². The Labute approximate surface area is 143 Å². The van der Waals surface area contributed by atoms with E-state index in [1.807, 2.05) is 0 Å². The zero-order valence-electron chi connectivity index (χ0n) is 13.1. The highest BCUT2D eigenvalue weighted by atomic mass is 127. The molecule has 1 saturated heterocycles. The Bertz CT molecular complexity index is 418. The zero-order chi connectivity index (χ0) is 14.5. The molecule has 2 atom stereocenters. The van der Waals surface area contributed by atoms with Crippen LogP contribution in [0.5, 0.6) is 0 Å². The van der Waals surface area contributed by atoms with Crippen LogP contribution in [0, 0.1) is 0 Å². The van der Waals surface area contributed by atoms with E-state index < -0.39 is 0 Å². The predicted molar refractivity (Wildman–Crippen MR) is 88.6 cm³/mol. The van der Waals surface area contributed by atoms with Crippen molar-refractivity contribution in [1.82, 2.24) is 19.9 Å². The van der Waals surface area contributed by atoms with Crippen molar-refractivity contribution in [2.24, 2.45) is 0 Å². The number of rotatable bonds is 7. The molecule has 21 heavy (non-hydrogen) atoms. The summed E-state index contributed by atoms with van der Waals surface area (Å²) in [5.41, 5.74) is 0. The largest absolute Gasteiger partial charge is 0.380 e. The molecule has 0 saturated carbocycles. The number of likely N-dealkylation sites (N-methyl/N-ethyl adjacent to an activating group) is 2. The van der Waals surface area contributed by atoms with Gasteiger partial charge in [0.05, 0.1) is 12.6 Å². The van der Waals surface area contributed by atoms with E-state index in [1.165, 1.54) is 0 Å². The highest BCUT2D eigenvalue weighted by Gasteiger charge is 2.30. The second kappa shape index (κ2) is 8.99. The lowest BCUT2D eigenvalue weighted by Crippen LogP contribution is -2.36. The van der Waals surface area contributed by atoms with Gasteiger partial charge < -0.3 is 14.0 Å². The van der Waals surface area contributed by atoms with Crippen molar-refractivity contribution in [2.45, 2.75) is 31.7 Å². The molecule has 0 aromatic carbocycles.